The molecule has 1 heterocycles. The van der Waals surface area contributed by atoms with E-state index in [1.165, 1.54) is 29.2 Å². The molecule has 8 nitrogen and oxygen atoms in total. The summed E-state index contributed by atoms with van der Waals surface area (Å²) in [5, 5.41) is 11.0. The van der Waals surface area contributed by atoms with E-state index in [0.29, 0.717) is 49.4 Å². The zero-order valence-corrected chi connectivity index (χ0v) is 30.7. The Kier molecular flexibility index (Phi) is 13.1. The Hall–Kier alpha value is -4.87. The van der Waals surface area contributed by atoms with Gasteiger partial charge in [0, 0.05) is 37.1 Å². The van der Waals surface area contributed by atoms with Crippen LogP contribution in [0, 0.1) is 0 Å². The summed E-state index contributed by atoms with van der Waals surface area (Å²) in [6.45, 7) is 3.83. The molecule has 1 atom stereocenters. The van der Waals surface area contributed by atoms with E-state index in [0.717, 1.165) is 10.5 Å². The van der Waals surface area contributed by atoms with Gasteiger partial charge in [0.15, 0.2) is 0 Å². The van der Waals surface area contributed by atoms with Gasteiger partial charge in [-0.2, -0.15) is 0 Å². The first-order chi connectivity index (χ1) is 24.7. The molecule has 51 heavy (non-hydrogen) atoms. The van der Waals surface area contributed by atoms with E-state index in [-0.39, 0.29) is 18.2 Å². The fraction of sp³-hybridized carbons (Fsp3) is 0.128. The number of anilines is 2. The molecular formula is C39H33Cl2N3O5S2. The fourth-order valence-electron chi connectivity index (χ4n) is 4.93. The van der Waals surface area contributed by atoms with Crippen molar-refractivity contribution in [2.75, 3.05) is 17.2 Å². The second-order valence-corrected chi connectivity index (χ2v) is 14.0. The Bertz CT molecular complexity index is 2070. The van der Waals surface area contributed by atoms with Crippen LogP contribution in [-0.4, -0.2) is 35.5 Å². The smallest absolute Gasteiger partial charge is 0.341 e. The van der Waals surface area contributed by atoms with Crippen LogP contribution in [0.2, 0.25) is 10.0 Å². The van der Waals surface area contributed by atoms with Crippen LogP contribution in [0.5, 0.6) is 0 Å². The summed E-state index contributed by atoms with van der Waals surface area (Å²) >= 11 is 15.0. The maximum atomic E-state index is 13.6. The minimum absolute atomic E-state index is 0.0415. The number of hydrogen-bond acceptors (Lipinski definition) is 7. The number of amides is 3. The maximum Gasteiger partial charge on any atom is 0.341 e. The Balaban J connectivity index is 1.33. The number of thiophene rings is 1. The molecule has 5 aromatic rings. The lowest BCUT2D eigenvalue weighted by molar-refractivity contribution is -0.116. The van der Waals surface area contributed by atoms with Crippen molar-refractivity contribution in [3.8, 4) is 11.1 Å². The number of rotatable bonds is 13. The molecule has 0 aliphatic carbocycles. The van der Waals surface area contributed by atoms with E-state index in [4.69, 9.17) is 27.9 Å². The minimum Gasteiger partial charge on any atom is -0.462 e. The Morgan fingerprint density at radius 1 is 0.863 bits per heavy atom. The van der Waals surface area contributed by atoms with Crippen molar-refractivity contribution in [2.24, 2.45) is 0 Å². The van der Waals surface area contributed by atoms with Crippen molar-refractivity contribution in [3.63, 3.8) is 0 Å². The van der Waals surface area contributed by atoms with Crippen molar-refractivity contribution >= 4 is 86.8 Å². The van der Waals surface area contributed by atoms with Crippen LogP contribution in [0.3, 0.4) is 0 Å². The molecule has 3 amide bonds. The van der Waals surface area contributed by atoms with E-state index in [9.17, 15) is 19.2 Å². The molecule has 0 radical (unpaired) electrons. The normalized spacial score (nSPS) is 11.7. The van der Waals surface area contributed by atoms with E-state index >= 15 is 0 Å². The number of hydrogen-bond donors (Lipinski definition) is 3. The molecule has 4 aromatic carbocycles. The summed E-state index contributed by atoms with van der Waals surface area (Å²) < 4.78 is 5.34. The SMILES string of the molecule is CCOC(=O)c1c(-c2ccccc2)csc1NC(=O)C(CC)Sc1cccc(NC(=O)/C(=C\c2ccc(Cl)cc2Cl)NC(=O)c2ccccc2)c1. The van der Waals surface area contributed by atoms with Gasteiger partial charge < -0.3 is 20.7 Å². The molecular weight excluding hydrogens is 725 g/mol. The second kappa shape index (κ2) is 17.9. The Morgan fingerprint density at radius 3 is 2.27 bits per heavy atom. The summed E-state index contributed by atoms with van der Waals surface area (Å²) in [7, 11) is 0. The highest BCUT2D eigenvalue weighted by Crippen LogP contribution is 2.37. The summed E-state index contributed by atoms with van der Waals surface area (Å²) in [5.41, 5.74) is 3.09. The number of carbonyl (C=O) groups excluding carboxylic acids is 4. The predicted molar refractivity (Wildman–Crippen MR) is 208 cm³/mol. The zero-order valence-electron chi connectivity index (χ0n) is 27.6. The summed E-state index contributed by atoms with van der Waals surface area (Å²) in [5.74, 6) is -1.85. The highest BCUT2D eigenvalue weighted by Gasteiger charge is 2.26. The largest absolute Gasteiger partial charge is 0.462 e. The van der Waals surface area contributed by atoms with Crippen molar-refractivity contribution in [2.45, 2.75) is 30.4 Å². The van der Waals surface area contributed by atoms with E-state index in [2.05, 4.69) is 16.0 Å². The van der Waals surface area contributed by atoms with Crippen LogP contribution < -0.4 is 16.0 Å². The van der Waals surface area contributed by atoms with Crippen LogP contribution in [0.1, 0.15) is 46.5 Å². The first kappa shape index (κ1) is 37.4. The van der Waals surface area contributed by atoms with Crippen LogP contribution in [0.25, 0.3) is 17.2 Å². The highest BCUT2D eigenvalue weighted by molar-refractivity contribution is 8.00. The first-order valence-electron chi connectivity index (χ1n) is 15.9. The van der Waals surface area contributed by atoms with Gasteiger partial charge in [-0.3, -0.25) is 14.4 Å². The molecule has 0 bridgehead atoms. The number of thioether (sulfide) groups is 1. The highest BCUT2D eigenvalue weighted by atomic mass is 35.5. The van der Waals surface area contributed by atoms with E-state index in [1.54, 1.807) is 73.7 Å². The molecule has 0 aliphatic heterocycles. The Morgan fingerprint density at radius 2 is 1.59 bits per heavy atom. The molecule has 260 valence electrons. The summed E-state index contributed by atoms with van der Waals surface area (Å²) in [6.07, 6.45) is 1.96. The third kappa shape index (κ3) is 9.89. The number of halogens is 2. The molecule has 3 N–H and O–H groups in total. The average molecular weight is 759 g/mol. The van der Waals surface area contributed by atoms with E-state index in [1.807, 2.05) is 48.7 Å². The molecule has 0 saturated carbocycles. The molecule has 12 heteroatoms. The van der Waals surface area contributed by atoms with Crippen LogP contribution in [0.15, 0.2) is 119 Å². The number of benzene rings is 4. The molecule has 5 rings (SSSR count). The van der Waals surface area contributed by atoms with Crippen LogP contribution in [-0.2, 0) is 14.3 Å². The van der Waals surface area contributed by atoms with Crippen LogP contribution >= 0.6 is 46.3 Å². The quantitative estimate of drug-likeness (QED) is 0.0626. The summed E-state index contributed by atoms with van der Waals surface area (Å²) in [6, 6.07) is 29.8. The van der Waals surface area contributed by atoms with Gasteiger partial charge in [-0.1, -0.05) is 90.8 Å². The average Bonchev–Trinajstić information content (AvgIpc) is 3.55. The van der Waals surface area contributed by atoms with Gasteiger partial charge in [0.2, 0.25) is 5.91 Å². The minimum atomic E-state index is -0.587. The van der Waals surface area contributed by atoms with Crippen LogP contribution in [0.4, 0.5) is 10.7 Å². The van der Waals surface area contributed by atoms with Gasteiger partial charge in [-0.15, -0.1) is 23.1 Å². The molecule has 0 saturated heterocycles. The predicted octanol–water partition coefficient (Wildman–Crippen LogP) is 9.82. The monoisotopic (exact) mass is 757 g/mol. The molecule has 1 aromatic heterocycles. The van der Waals surface area contributed by atoms with Gasteiger partial charge >= 0.3 is 5.97 Å². The molecule has 1 unspecified atom stereocenters. The van der Waals surface area contributed by atoms with E-state index < -0.39 is 23.0 Å². The van der Waals surface area contributed by atoms with Gasteiger partial charge in [0.1, 0.15) is 16.3 Å². The number of esters is 1. The van der Waals surface area contributed by atoms with Crippen molar-refractivity contribution < 1.29 is 23.9 Å². The number of carbonyl (C=O) groups is 4. The third-order valence-electron chi connectivity index (χ3n) is 7.42. The fourth-order valence-corrected chi connectivity index (χ4v) is 7.36. The second-order valence-electron chi connectivity index (χ2n) is 11.0. The van der Waals surface area contributed by atoms with Gasteiger partial charge in [-0.25, -0.2) is 4.79 Å². The number of ether oxygens (including phenoxy) is 1. The van der Waals surface area contributed by atoms with Crippen molar-refractivity contribution in [3.05, 3.63) is 141 Å². The van der Waals surface area contributed by atoms with Gasteiger partial charge in [0.25, 0.3) is 11.8 Å². The molecule has 0 spiro atoms. The van der Waals surface area contributed by atoms with Crippen molar-refractivity contribution in [1.29, 1.82) is 0 Å². The lowest BCUT2D eigenvalue weighted by Crippen LogP contribution is -2.30. The topological polar surface area (TPSA) is 114 Å². The third-order valence-corrected chi connectivity index (χ3v) is 10.2. The maximum absolute atomic E-state index is 13.6. The first-order valence-corrected chi connectivity index (χ1v) is 18.4. The lowest BCUT2D eigenvalue weighted by atomic mass is 10.0. The Labute approximate surface area is 314 Å². The lowest BCUT2D eigenvalue weighted by Gasteiger charge is -2.16. The molecule has 0 fully saturated rings. The van der Waals surface area contributed by atoms with Crippen molar-refractivity contribution in [1.82, 2.24) is 5.32 Å². The van der Waals surface area contributed by atoms with Gasteiger partial charge in [-0.05, 0) is 73.0 Å². The zero-order chi connectivity index (χ0) is 36.3. The summed E-state index contributed by atoms with van der Waals surface area (Å²) in [4.78, 5) is 54.0. The van der Waals surface area contributed by atoms with Gasteiger partial charge in [0.05, 0.1) is 11.9 Å². The number of nitrogens with one attached hydrogen (secondary N) is 3. The molecule has 0 aliphatic rings. The standard InChI is InChI=1S/C39H33Cl2N3O5S2/c1-3-33(37(47)44-38-34(39(48)49-4-2)30(23-50-38)24-12-7-5-8-13-24)51-29-17-11-16-28(22-29)42-36(46)32(20-26-18-19-27(40)21-31(26)41)43-35(45)25-14-9-6-10-15-25/h5-23,33H,3-4H2,1-2H3,(H,42,46)(H,43,45)(H,44,47)/b32-20+.